The standard InChI is InChI=1S/C12H10NS2/c1-2-6-11-10(5-1)14-9-15(11)12-7-3-4-8-13-12/h1-8H,9H2/q+1. The molecule has 2 heterocycles. The summed E-state index contributed by atoms with van der Waals surface area (Å²) in [5.41, 5.74) is 0. The normalized spacial score (nSPS) is 18.8. The van der Waals surface area contributed by atoms with Crippen LogP contribution in [0.25, 0.3) is 0 Å². The minimum atomic E-state index is 0.186. The largest absolute Gasteiger partial charge is 0.253 e. The summed E-state index contributed by atoms with van der Waals surface area (Å²) < 4.78 is 0. The summed E-state index contributed by atoms with van der Waals surface area (Å²) >= 11 is 1.94. The Labute approximate surface area is 96.3 Å². The topological polar surface area (TPSA) is 12.9 Å². The van der Waals surface area contributed by atoms with Gasteiger partial charge in [0.15, 0.2) is 9.98 Å². The van der Waals surface area contributed by atoms with Gasteiger partial charge in [-0.15, -0.1) is 0 Å². The van der Waals surface area contributed by atoms with E-state index in [4.69, 9.17) is 0 Å². The van der Waals surface area contributed by atoms with Gasteiger partial charge in [-0.1, -0.05) is 30.0 Å². The molecule has 0 saturated heterocycles. The SMILES string of the molecule is c1ccc([S+]2CSc3ccccc32)nc1. The summed E-state index contributed by atoms with van der Waals surface area (Å²) in [6.45, 7) is 0. The predicted molar refractivity (Wildman–Crippen MR) is 65.3 cm³/mol. The van der Waals surface area contributed by atoms with Crippen LogP contribution < -0.4 is 0 Å². The van der Waals surface area contributed by atoms with Crippen molar-refractivity contribution in [2.45, 2.75) is 14.8 Å². The van der Waals surface area contributed by atoms with Crippen LogP contribution in [-0.4, -0.2) is 10.1 Å². The highest BCUT2D eigenvalue weighted by atomic mass is 32.2. The first-order chi connectivity index (χ1) is 7.45. The van der Waals surface area contributed by atoms with Crippen molar-refractivity contribution in [2.24, 2.45) is 0 Å². The van der Waals surface area contributed by atoms with Gasteiger partial charge in [-0.2, -0.15) is 0 Å². The molecule has 0 spiro atoms. The zero-order valence-electron chi connectivity index (χ0n) is 8.09. The van der Waals surface area contributed by atoms with Gasteiger partial charge in [-0.05, 0) is 18.2 Å². The second-order valence-corrected chi connectivity index (χ2v) is 6.58. The first-order valence-corrected chi connectivity index (χ1v) is 7.17. The summed E-state index contributed by atoms with van der Waals surface area (Å²) in [5, 5.41) is 2.37. The fraction of sp³-hybridized carbons (Fsp3) is 0.0833. The number of hydrogen-bond acceptors (Lipinski definition) is 2. The lowest BCUT2D eigenvalue weighted by molar-refractivity contribution is 1.11. The number of rotatable bonds is 1. The Morgan fingerprint density at radius 1 is 1.07 bits per heavy atom. The Bertz CT molecular complexity index is 470. The molecule has 1 nitrogen and oxygen atoms in total. The molecule has 0 fully saturated rings. The first kappa shape index (κ1) is 9.31. The van der Waals surface area contributed by atoms with Crippen molar-refractivity contribution < 1.29 is 0 Å². The number of fused-ring (bicyclic) bond motifs is 1. The summed E-state index contributed by atoms with van der Waals surface area (Å²) in [4.78, 5) is 7.34. The fourth-order valence-corrected chi connectivity index (χ4v) is 5.67. The van der Waals surface area contributed by atoms with Crippen LogP contribution in [0.15, 0.2) is 63.5 Å². The highest BCUT2D eigenvalue weighted by Crippen LogP contribution is 2.40. The molecule has 1 atom stereocenters. The molecular weight excluding hydrogens is 222 g/mol. The number of nitrogens with zero attached hydrogens (tertiary/aromatic N) is 1. The van der Waals surface area contributed by atoms with Gasteiger partial charge in [0, 0.05) is 12.3 Å². The van der Waals surface area contributed by atoms with E-state index in [1.165, 1.54) is 14.8 Å². The Kier molecular flexibility index (Phi) is 2.43. The highest BCUT2D eigenvalue weighted by molar-refractivity contribution is 8.17. The van der Waals surface area contributed by atoms with Gasteiger partial charge in [0.2, 0.25) is 0 Å². The molecule has 0 bridgehead atoms. The third-order valence-electron chi connectivity index (χ3n) is 2.34. The molecule has 2 aromatic rings. The molecule has 15 heavy (non-hydrogen) atoms. The molecule has 1 aliphatic heterocycles. The maximum atomic E-state index is 4.46. The van der Waals surface area contributed by atoms with Crippen LogP contribution in [0.2, 0.25) is 0 Å². The number of pyridine rings is 1. The minimum absolute atomic E-state index is 0.186. The fourth-order valence-electron chi connectivity index (χ4n) is 1.62. The maximum absolute atomic E-state index is 4.46. The molecule has 3 rings (SSSR count). The monoisotopic (exact) mass is 232 g/mol. The summed E-state index contributed by atoms with van der Waals surface area (Å²) in [6, 6.07) is 14.8. The Hall–Kier alpha value is -0.930. The number of hydrogen-bond donors (Lipinski definition) is 0. The third kappa shape index (κ3) is 1.66. The van der Waals surface area contributed by atoms with Crippen LogP contribution in [0.1, 0.15) is 0 Å². The van der Waals surface area contributed by atoms with Gasteiger partial charge in [-0.25, -0.2) is 4.98 Å². The van der Waals surface area contributed by atoms with Gasteiger partial charge in [0.1, 0.15) is 0 Å². The Balaban J connectivity index is 2.05. The van der Waals surface area contributed by atoms with E-state index in [1.54, 1.807) is 0 Å². The highest BCUT2D eigenvalue weighted by Gasteiger charge is 2.35. The molecule has 0 saturated carbocycles. The lowest BCUT2D eigenvalue weighted by Gasteiger charge is -1.98. The van der Waals surface area contributed by atoms with E-state index in [2.05, 4.69) is 41.4 Å². The first-order valence-electron chi connectivity index (χ1n) is 4.79. The van der Waals surface area contributed by atoms with E-state index < -0.39 is 0 Å². The van der Waals surface area contributed by atoms with E-state index in [-0.39, 0.29) is 10.9 Å². The van der Waals surface area contributed by atoms with Crippen LogP contribution in [0.5, 0.6) is 0 Å². The van der Waals surface area contributed by atoms with Crippen LogP contribution >= 0.6 is 11.8 Å². The quantitative estimate of drug-likeness (QED) is 0.700. The van der Waals surface area contributed by atoms with E-state index in [9.17, 15) is 0 Å². The zero-order valence-corrected chi connectivity index (χ0v) is 9.72. The molecule has 0 N–H and O–H groups in total. The van der Waals surface area contributed by atoms with E-state index in [0.29, 0.717) is 0 Å². The Morgan fingerprint density at radius 2 is 1.93 bits per heavy atom. The Morgan fingerprint density at radius 3 is 2.80 bits per heavy atom. The molecular formula is C12H10NS2+. The van der Waals surface area contributed by atoms with Gasteiger partial charge in [0.25, 0.3) is 5.03 Å². The van der Waals surface area contributed by atoms with Crippen molar-refractivity contribution in [3.8, 4) is 0 Å². The summed E-state index contributed by atoms with van der Waals surface area (Å²) in [6.07, 6.45) is 1.88. The lowest BCUT2D eigenvalue weighted by Crippen LogP contribution is -2.03. The molecule has 1 aromatic carbocycles. The predicted octanol–water partition coefficient (Wildman–Crippen LogP) is 3.18. The van der Waals surface area contributed by atoms with Gasteiger partial charge in [0.05, 0.1) is 15.8 Å². The van der Waals surface area contributed by atoms with Crippen molar-refractivity contribution in [1.82, 2.24) is 4.98 Å². The molecule has 0 radical (unpaired) electrons. The third-order valence-corrected chi connectivity index (χ3v) is 6.18. The van der Waals surface area contributed by atoms with Crippen molar-refractivity contribution in [3.05, 3.63) is 48.7 Å². The van der Waals surface area contributed by atoms with Crippen LogP contribution in [0.4, 0.5) is 0 Å². The van der Waals surface area contributed by atoms with E-state index in [0.717, 1.165) is 5.08 Å². The summed E-state index contributed by atoms with van der Waals surface area (Å²) in [7, 11) is 0.186. The van der Waals surface area contributed by atoms with Crippen molar-refractivity contribution in [2.75, 3.05) is 5.08 Å². The van der Waals surface area contributed by atoms with Gasteiger partial charge < -0.3 is 0 Å². The number of benzene rings is 1. The van der Waals surface area contributed by atoms with Crippen molar-refractivity contribution in [1.29, 1.82) is 0 Å². The number of aromatic nitrogens is 1. The molecule has 3 heteroatoms. The van der Waals surface area contributed by atoms with Crippen LogP contribution in [0, 0.1) is 0 Å². The maximum Gasteiger partial charge on any atom is 0.253 e. The number of thioether (sulfide) groups is 1. The average molecular weight is 232 g/mol. The molecule has 0 aliphatic carbocycles. The molecule has 74 valence electrons. The van der Waals surface area contributed by atoms with Crippen molar-refractivity contribution >= 4 is 22.7 Å². The molecule has 1 aliphatic rings. The molecule has 0 amide bonds. The lowest BCUT2D eigenvalue weighted by atomic mass is 10.4. The van der Waals surface area contributed by atoms with E-state index >= 15 is 0 Å². The molecule has 1 unspecified atom stereocenters. The summed E-state index contributed by atoms with van der Waals surface area (Å²) in [5.74, 6) is 0. The minimum Gasteiger partial charge on any atom is -0.210 e. The van der Waals surface area contributed by atoms with Gasteiger partial charge >= 0.3 is 0 Å². The molecule has 1 aromatic heterocycles. The second-order valence-electron chi connectivity index (χ2n) is 3.27. The smallest absolute Gasteiger partial charge is 0.210 e. The average Bonchev–Trinajstić information content (AvgIpc) is 2.74. The zero-order chi connectivity index (χ0) is 10.1. The van der Waals surface area contributed by atoms with E-state index in [1.807, 2.05) is 24.0 Å². The van der Waals surface area contributed by atoms with Crippen molar-refractivity contribution in [3.63, 3.8) is 0 Å². The second kappa shape index (κ2) is 3.91. The van der Waals surface area contributed by atoms with Crippen LogP contribution in [-0.2, 0) is 10.9 Å². The van der Waals surface area contributed by atoms with Crippen LogP contribution in [0.3, 0.4) is 0 Å². The van der Waals surface area contributed by atoms with Gasteiger partial charge in [-0.3, -0.25) is 0 Å².